The Morgan fingerprint density at radius 1 is 1.24 bits per heavy atom. The number of hydrogen-bond acceptors (Lipinski definition) is 4. The number of aliphatic hydroxyl groups excluding tert-OH is 1. The minimum atomic E-state index is -0.860. The van der Waals surface area contributed by atoms with Gasteiger partial charge in [-0.25, -0.2) is 8.78 Å². The molecule has 0 aliphatic carbocycles. The lowest BCUT2D eigenvalue weighted by atomic mass is 10.0. The van der Waals surface area contributed by atoms with E-state index >= 15 is 0 Å². The van der Waals surface area contributed by atoms with Crippen LogP contribution >= 0.6 is 0 Å². The largest absolute Gasteiger partial charge is 0.493 e. The van der Waals surface area contributed by atoms with Crippen molar-refractivity contribution in [3.63, 3.8) is 0 Å². The van der Waals surface area contributed by atoms with Crippen molar-refractivity contribution < 1.29 is 18.6 Å². The summed E-state index contributed by atoms with van der Waals surface area (Å²) >= 11 is 0. The van der Waals surface area contributed by atoms with Crippen molar-refractivity contribution in [3.8, 4) is 5.75 Å². The summed E-state index contributed by atoms with van der Waals surface area (Å²) < 4.78 is 32.1. The Morgan fingerprint density at radius 2 is 2.04 bits per heavy atom. The first-order valence-corrected chi connectivity index (χ1v) is 8.34. The molecule has 4 nitrogen and oxygen atoms in total. The van der Waals surface area contributed by atoms with Gasteiger partial charge in [0.05, 0.1) is 18.8 Å². The van der Waals surface area contributed by atoms with Gasteiger partial charge in [-0.05, 0) is 30.3 Å². The number of anilines is 1. The Bertz CT molecular complexity index is 684. The van der Waals surface area contributed by atoms with Crippen molar-refractivity contribution in [1.29, 1.82) is 0 Å². The van der Waals surface area contributed by atoms with Gasteiger partial charge in [-0.1, -0.05) is 12.1 Å². The smallest absolute Gasteiger partial charge is 0.160 e. The van der Waals surface area contributed by atoms with E-state index in [1.807, 2.05) is 17.0 Å². The zero-order chi connectivity index (χ0) is 17.6. The molecule has 2 aromatic rings. The van der Waals surface area contributed by atoms with Gasteiger partial charge in [0, 0.05) is 37.8 Å². The van der Waals surface area contributed by atoms with Gasteiger partial charge in [-0.3, -0.25) is 0 Å². The highest BCUT2D eigenvalue weighted by atomic mass is 19.2. The van der Waals surface area contributed by atoms with Crippen LogP contribution in [0.5, 0.6) is 5.75 Å². The van der Waals surface area contributed by atoms with E-state index in [1.165, 1.54) is 6.07 Å². The van der Waals surface area contributed by atoms with Crippen LogP contribution in [0.3, 0.4) is 0 Å². The maximum Gasteiger partial charge on any atom is 0.160 e. The molecule has 6 heteroatoms. The van der Waals surface area contributed by atoms with Crippen LogP contribution in [-0.2, 0) is 0 Å². The maximum absolute atomic E-state index is 13.4. The molecule has 1 fully saturated rings. The van der Waals surface area contributed by atoms with Gasteiger partial charge in [0.2, 0.25) is 0 Å². The molecular formula is C19H21F2N2O2. The molecule has 0 spiro atoms. The topological polar surface area (TPSA) is 44.7 Å². The molecule has 1 aliphatic heterocycles. The SMILES string of the molecule is O[C@@H](CCOc1cc[c]cc1)[C@@H]1CN(c2ccc(F)c(F)c2)CCN1. The van der Waals surface area contributed by atoms with Crippen LogP contribution in [-0.4, -0.2) is 43.5 Å². The van der Waals surface area contributed by atoms with Crippen LogP contribution in [0.4, 0.5) is 14.5 Å². The van der Waals surface area contributed by atoms with Gasteiger partial charge in [-0.2, -0.15) is 0 Å². The van der Waals surface area contributed by atoms with Crippen molar-refractivity contribution in [1.82, 2.24) is 5.32 Å². The third-order valence-corrected chi connectivity index (χ3v) is 4.31. The summed E-state index contributed by atoms with van der Waals surface area (Å²) in [6.45, 7) is 2.25. The molecule has 133 valence electrons. The fourth-order valence-electron chi connectivity index (χ4n) is 2.92. The van der Waals surface area contributed by atoms with Gasteiger partial charge in [0.25, 0.3) is 0 Å². The van der Waals surface area contributed by atoms with E-state index in [0.29, 0.717) is 38.3 Å². The van der Waals surface area contributed by atoms with E-state index < -0.39 is 17.7 Å². The molecule has 0 saturated carbocycles. The molecular weight excluding hydrogens is 326 g/mol. The van der Waals surface area contributed by atoms with Gasteiger partial charge >= 0.3 is 0 Å². The second kappa shape index (κ2) is 8.27. The Labute approximate surface area is 146 Å². The molecule has 1 heterocycles. The average Bonchev–Trinajstić information content (AvgIpc) is 2.65. The number of nitrogens with one attached hydrogen (secondary N) is 1. The number of ether oxygens (including phenoxy) is 1. The molecule has 2 aromatic carbocycles. The number of hydrogen-bond donors (Lipinski definition) is 2. The molecule has 0 unspecified atom stereocenters. The second-order valence-corrected chi connectivity index (χ2v) is 6.05. The lowest BCUT2D eigenvalue weighted by Crippen LogP contribution is -2.56. The fourth-order valence-corrected chi connectivity index (χ4v) is 2.92. The van der Waals surface area contributed by atoms with Crippen molar-refractivity contribution >= 4 is 5.69 Å². The molecule has 2 atom stereocenters. The second-order valence-electron chi connectivity index (χ2n) is 6.05. The summed E-state index contributed by atoms with van der Waals surface area (Å²) in [6, 6.07) is 13.8. The van der Waals surface area contributed by atoms with E-state index in [4.69, 9.17) is 4.74 Å². The Morgan fingerprint density at radius 3 is 2.80 bits per heavy atom. The predicted octanol–water partition coefficient (Wildman–Crippen LogP) is 2.37. The molecule has 0 amide bonds. The zero-order valence-corrected chi connectivity index (χ0v) is 13.8. The third kappa shape index (κ3) is 4.67. The number of halogens is 2. The Kier molecular flexibility index (Phi) is 5.83. The molecule has 2 N–H and O–H groups in total. The standard InChI is InChI=1S/C19H21F2N2O2/c20-16-7-6-14(12-17(16)21)23-10-9-22-18(13-23)19(24)8-11-25-15-4-2-1-3-5-15/h2-7,12,18-19,22,24H,8-11,13H2/t18-,19-/m0/s1. The number of benzene rings is 2. The normalized spacial score (nSPS) is 18.8. The average molecular weight is 347 g/mol. The van der Waals surface area contributed by atoms with E-state index in [9.17, 15) is 13.9 Å². The number of aliphatic hydroxyl groups is 1. The van der Waals surface area contributed by atoms with E-state index in [2.05, 4.69) is 11.4 Å². The van der Waals surface area contributed by atoms with Crippen molar-refractivity contribution in [3.05, 3.63) is 60.2 Å². The highest BCUT2D eigenvalue weighted by Gasteiger charge is 2.26. The lowest BCUT2D eigenvalue weighted by Gasteiger charge is -2.37. The first-order valence-electron chi connectivity index (χ1n) is 8.34. The Balaban J connectivity index is 1.52. The number of nitrogens with zero attached hydrogens (tertiary/aromatic N) is 1. The number of piperazine rings is 1. The van der Waals surface area contributed by atoms with Crippen molar-refractivity contribution in [2.24, 2.45) is 0 Å². The fraction of sp³-hybridized carbons (Fsp3) is 0.368. The summed E-state index contributed by atoms with van der Waals surface area (Å²) in [5.41, 5.74) is 0.620. The first kappa shape index (κ1) is 17.6. The van der Waals surface area contributed by atoms with Crippen molar-refractivity contribution in [2.45, 2.75) is 18.6 Å². The van der Waals surface area contributed by atoms with Crippen LogP contribution in [0.1, 0.15) is 6.42 Å². The van der Waals surface area contributed by atoms with Gasteiger partial charge in [0.15, 0.2) is 11.6 Å². The summed E-state index contributed by atoms with van der Waals surface area (Å²) in [5, 5.41) is 13.7. The summed E-state index contributed by atoms with van der Waals surface area (Å²) in [6.07, 6.45) is -0.120. The van der Waals surface area contributed by atoms with Crippen molar-refractivity contribution in [2.75, 3.05) is 31.1 Å². The van der Waals surface area contributed by atoms with E-state index in [-0.39, 0.29) is 6.04 Å². The van der Waals surface area contributed by atoms with Crippen LogP contribution in [0, 0.1) is 17.7 Å². The highest BCUT2D eigenvalue weighted by Crippen LogP contribution is 2.20. The molecule has 1 aliphatic rings. The third-order valence-electron chi connectivity index (χ3n) is 4.31. The molecule has 1 radical (unpaired) electrons. The van der Waals surface area contributed by atoms with Gasteiger partial charge in [0.1, 0.15) is 5.75 Å². The van der Waals surface area contributed by atoms with Gasteiger partial charge < -0.3 is 20.1 Å². The van der Waals surface area contributed by atoms with Crippen LogP contribution in [0.15, 0.2) is 42.5 Å². The van der Waals surface area contributed by atoms with Gasteiger partial charge in [-0.15, -0.1) is 0 Å². The summed E-state index contributed by atoms with van der Waals surface area (Å²) in [7, 11) is 0. The number of rotatable bonds is 6. The maximum atomic E-state index is 13.4. The summed E-state index contributed by atoms with van der Waals surface area (Å²) in [4.78, 5) is 1.95. The van der Waals surface area contributed by atoms with E-state index in [1.54, 1.807) is 18.2 Å². The lowest BCUT2D eigenvalue weighted by molar-refractivity contribution is 0.0977. The highest BCUT2D eigenvalue weighted by molar-refractivity contribution is 5.47. The predicted molar refractivity (Wildman–Crippen MR) is 91.8 cm³/mol. The van der Waals surface area contributed by atoms with Crippen LogP contribution in [0.25, 0.3) is 0 Å². The first-order chi connectivity index (χ1) is 12.1. The quantitative estimate of drug-likeness (QED) is 0.842. The summed E-state index contributed by atoms with van der Waals surface area (Å²) in [5.74, 6) is -0.973. The molecule has 3 rings (SSSR count). The Hall–Kier alpha value is -2.18. The van der Waals surface area contributed by atoms with Crippen LogP contribution < -0.4 is 15.0 Å². The van der Waals surface area contributed by atoms with Crippen LogP contribution in [0.2, 0.25) is 0 Å². The molecule has 25 heavy (non-hydrogen) atoms. The monoisotopic (exact) mass is 347 g/mol. The molecule has 1 saturated heterocycles. The molecule has 0 bridgehead atoms. The zero-order valence-electron chi connectivity index (χ0n) is 13.8. The van der Waals surface area contributed by atoms with E-state index in [0.717, 1.165) is 11.8 Å². The minimum Gasteiger partial charge on any atom is -0.493 e. The minimum absolute atomic E-state index is 0.158. The molecule has 0 aromatic heterocycles.